The highest BCUT2D eigenvalue weighted by atomic mass is 32.2. The standard InChI is InChI=1S/C17H14N6OS/c1-12-7-5-6-10-14(12)16-19-20-17(24-16)25-11-15-18-21-22-23(15)13-8-3-2-4-9-13/h2-10H,11H2,1H3. The van der Waals surface area contributed by atoms with Crippen LogP contribution in [0.5, 0.6) is 0 Å². The third-order valence-corrected chi connectivity index (χ3v) is 4.46. The number of rotatable bonds is 5. The van der Waals surface area contributed by atoms with Gasteiger partial charge in [-0.2, -0.15) is 4.68 Å². The molecule has 0 saturated heterocycles. The molecule has 2 aromatic heterocycles. The Morgan fingerprint density at radius 1 is 0.960 bits per heavy atom. The van der Waals surface area contributed by atoms with Crippen LogP contribution >= 0.6 is 11.8 Å². The summed E-state index contributed by atoms with van der Waals surface area (Å²) in [5.41, 5.74) is 2.95. The number of para-hydroxylation sites is 1. The number of thioether (sulfide) groups is 1. The molecule has 0 unspecified atom stereocenters. The first kappa shape index (κ1) is 15.5. The van der Waals surface area contributed by atoms with Gasteiger partial charge in [0, 0.05) is 5.56 Å². The number of hydrogen-bond acceptors (Lipinski definition) is 7. The van der Waals surface area contributed by atoms with Crippen LogP contribution in [0.3, 0.4) is 0 Å². The highest BCUT2D eigenvalue weighted by Crippen LogP contribution is 2.27. The molecule has 4 aromatic rings. The third-order valence-electron chi connectivity index (χ3n) is 3.64. The number of hydrogen-bond donors (Lipinski definition) is 0. The van der Waals surface area contributed by atoms with Gasteiger partial charge in [0.05, 0.1) is 11.4 Å². The van der Waals surface area contributed by atoms with Crippen molar-refractivity contribution < 1.29 is 4.42 Å². The molecule has 0 N–H and O–H groups in total. The van der Waals surface area contributed by atoms with Crippen molar-refractivity contribution >= 4 is 11.8 Å². The molecule has 25 heavy (non-hydrogen) atoms. The molecule has 0 amide bonds. The number of tetrazole rings is 1. The Morgan fingerprint density at radius 2 is 1.76 bits per heavy atom. The summed E-state index contributed by atoms with van der Waals surface area (Å²) in [7, 11) is 0. The lowest BCUT2D eigenvalue weighted by molar-refractivity contribution is 0.465. The van der Waals surface area contributed by atoms with Gasteiger partial charge in [-0.25, -0.2) is 0 Å². The van der Waals surface area contributed by atoms with E-state index in [1.54, 1.807) is 4.68 Å². The quantitative estimate of drug-likeness (QED) is 0.511. The van der Waals surface area contributed by atoms with Crippen LogP contribution in [0, 0.1) is 6.92 Å². The molecule has 7 nitrogen and oxygen atoms in total. The molecule has 2 aromatic carbocycles. The highest BCUT2D eigenvalue weighted by molar-refractivity contribution is 7.98. The summed E-state index contributed by atoms with van der Waals surface area (Å²) in [5.74, 6) is 1.76. The van der Waals surface area contributed by atoms with Crippen molar-refractivity contribution in [2.45, 2.75) is 17.9 Å². The highest BCUT2D eigenvalue weighted by Gasteiger charge is 2.14. The zero-order valence-electron chi connectivity index (χ0n) is 13.4. The first-order valence-corrected chi connectivity index (χ1v) is 8.65. The lowest BCUT2D eigenvalue weighted by atomic mass is 10.1. The fraction of sp³-hybridized carbons (Fsp3) is 0.118. The Bertz CT molecular complexity index is 981. The van der Waals surface area contributed by atoms with Crippen molar-refractivity contribution in [3.05, 3.63) is 66.0 Å². The Kier molecular flexibility index (Phi) is 4.26. The van der Waals surface area contributed by atoms with Crippen LogP contribution < -0.4 is 0 Å². The van der Waals surface area contributed by atoms with Crippen molar-refractivity contribution in [1.82, 2.24) is 30.4 Å². The van der Waals surface area contributed by atoms with Gasteiger partial charge >= 0.3 is 0 Å². The fourth-order valence-electron chi connectivity index (χ4n) is 2.38. The minimum absolute atomic E-state index is 0.487. The summed E-state index contributed by atoms with van der Waals surface area (Å²) in [4.78, 5) is 0. The second kappa shape index (κ2) is 6.86. The molecule has 0 saturated carbocycles. The molecule has 0 fully saturated rings. The van der Waals surface area contributed by atoms with Crippen LogP contribution in [0.4, 0.5) is 0 Å². The van der Waals surface area contributed by atoms with Crippen molar-refractivity contribution in [1.29, 1.82) is 0 Å². The maximum Gasteiger partial charge on any atom is 0.277 e. The molecule has 0 aliphatic rings. The van der Waals surface area contributed by atoms with Crippen LogP contribution in [-0.4, -0.2) is 30.4 Å². The van der Waals surface area contributed by atoms with Gasteiger partial charge in [-0.3, -0.25) is 0 Å². The van der Waals surface area contributed by atoms with E-state index in [1.807, 2.05) is 61.5 Å². The smallest absolute Gasteiger partial charge is 0.277 e. The maximum absolute atomic E-state index is 5.76. The first-order chi connectivity index (χ1) is 12.3. The largest absolute Gasteiger partial charge is 0.411 e. The number of nitrogens with zero attached hydrogens (tertiary/aromatic N) is 6. The third kappa shape index (κ3) is 3.29. The van der Waals surface area contributed by atoms with Crippen molar-refractivity contribution in [2.24, 2.45) is 0 Å². The minimum Gasteiger partial charge on any atom is -0.411 e. The zero-order valence-corrected chi connectivity index (χ0v) is 14.2. The Labute approximate surface area is 148 Å². The summed E-state index contributed by atoms with van der Waals surface area (Å²) < 4.78 is 7.46. The van der Waals surface area contributed by atoms with Gasteiger partial charge in [-0.1, -0.05) is 48.2 Å². The van der Waals surface area contributed by atoms with Crippen LogP contribution in [0.25, 0.3) is 17.1 Å². The molecular weight excluding hydrogens is 336 g/mol. The van der Waals surface area contributed by atoms with Crippen LogP contribution in [0.2, 0.25) is 0 Å². The van der Waals surface area contributed by atoms with Gasteiger partial charge in [0.15, 0.2) is 5.82 Å². The molecule has 0 aliphatic heterocycles. The van der Waals surface area contributed by atoms with E-state index in [9.17, 15) is 0 Å². The summed E-state index contributed by atoms with van der Waals surface area (Å²) in [6, 6.07) is 17.7. The average Bonchev–Trinajstić information content (AvgIpc) is 3.30. The molecule has 2 heterocycles. The second-order valence-electron chi connectivity index (χ2n) is 5.32. The van der Waals surface area contributed by atoms with Crippen LogP contribution in [0.1, 0.15) is 11.4 Å². The summed E-state index contributed by atoms with van der Waals surface area (Å²) >= 11 is 1.40. The van der Waals surface area contributed by atoms with E-state index >= 15 is 0 Å². The fourth-order valence-corrected chi connectivity index (χ4v) is 3.05. The SMILES string of the molecule is Cc1ccccc1-c1nnc(SCc2nnnn2-c2ccccc2)o1. The minimum atomic E-state index is 0.487. The van der Waals surface area contributed by atoms with Crippen molar-refractivity contribution in [3.63, 3.8) is 0 Å². The van der Waals surface area contributed by atoms with E-state index in [4.69, 9.17) is 4.42 Å². The van der Waals surface area contributed by atoms with E-state index < -0.39 is 0 Å². The lowest BCUT2D eigenvalue weighted by Crippen LogP contribution is -2.01. The Hall–Kier alpha value is -3.00. The summed E-state index contributed by atoms with van der Waals surface area (Å²) in [6.07, 6.45) is 0. The lowest BCUT2D eigenvalue weighted by Gasteiger charge is -2.02. The number of aryl methyl sites for hydroxylation is 1. The van der Waals surface area contributed by atoms with E-state index in [2.05, 4.69) is 25.7 Å². The zero-order chi connectivity index (χ0) is 17.1. The Balaban J connectivity index is 1.50. The molecule has 0 spiro atoms. The van der Waals surface area contributed by atoms with E-state index in [0.717, 1.165) is 16.8 Å². The van der Waals surface area contributed by atoms with Gasteiger partial charge in [0.25, 0.3) is 5.22 Å². The topological polar surface area (TPSA) is 82.5 Å². The van der Waals surface area contributed by atoms with Crippen LogP contribution in [-0.2, 0) is 5.75 Å². The predicted molar refractivity (Wildman–Crippen MR) is 93.2 cm³/mol. The average molecular weight is 350 g/mol. The normalized spacial score (nSPS) is 10.9. The van der Waals surface area contributed by atoms with E-state index in [-0.39, 0.29) is 0 Å². The van der Waals surface area contributed by atoms with Gasteiger partial charge in [-0.15, -0.1) is 15.3 Å². The van der Waals surface area contributed by atoms with Gasteiger partial charge < -0.3 is 4.42 Å². The van der Waals surface area contributed by atoms with Crippen LogP contribution in [0.15, 0.2) is 64.2 Å². The number of benzene rings is 2. The first-order valence-electron chi connectivity index (χ1n) is 7.66. The summed E-state index contributed by atoms with van der Waals surface area (Å²) in [5, 5.41) is 20.6. The van der Waals surface area contributed by atoms with E-state index in [0.29, 0.717) is 22.7 Å². The van der Waals surface area contributed by atoms with Crippen molar-refractivity contribution in [2.75, 3.05) is 0 Å². The summed E-state index contributed by atoms with van der Waals surface area (Å²) in [6.45, 7) is 2.01. The van der Waals surface area contributed by atoms with E-state index in [1.165, 1.54) is 11.8 Å². The second-order valence-corrected chi connectivity index (χ2v) is 6.25. The molecule has 4 rings (SSSR count). The molecule has 0 radical (unpaired) electrons. The van der Waals surface area contributed by atoms with Gasteiger partial charge in [0.2, 0.25) is 5.89 Å². The monoisotopic (exact) mass is 350 g/mol. The van der Waals surface area contributed by atoms with Crippen molar-refractivity contribution in [3.8, 4) is 17.1 Å². The maximum atomic E-state index is 5.76. The van der Waals surface area contributed by atoms with Gasteiger partial charge in [0.1, 0.15) is 0 Å². The molecule has 0 aliphatic carbocycles. The molecule has 0 atom stereocenters. The molecule has 8 heteroatoms. The molecule has 124 valence electrons. The molecular formula is C17H14N6OS. The predicted octanol–water partition coefficient (Wildman–Crippen LogP) is 3.31. The molecule has 0 bridgehead atoms. The Morgan fingerprint density at radius 3 is 2.60 bits per heavy atom. The van der Waals surface area contributed by atoms with Gasteiger partial charge in [-0.05, 0) is 41.1 Å². The number of aromatic nitrogens is 6.